The molecule has 0 spiro atoms. The molecule has 0 bridgehead atoms. The molecule has 0 aliphatic heterocycles. The predicted octanol–water partition coefficient (Wildman–Crippen LogP) is 7.38. The molecule has 1 N–H and O–H groups in total. The average Bonchev–Trinajstić information content (AvgIpc) is 3.07. The number of carbonyl (C=O) groups excluding carboxylic acids is 1. The van der Waals surface area contributed by atoms with E-state index in [2.05, 4.69) is 34.6 Å². The fourth-order valence-electron chi connectivity index (χ4n) is 10.1. The fraction of sp³-hybridized carbons (Fsp3) is 0.967. The van der Waals surface area contributed by atoms with Gasteiger partial charge in [-0.25, -0.2) is 0 Å². The Hall–Kier alpha value is -0.305. The van der Waals surface area contributed by atoms with E-state index in [1.807, 2.05) is 0 Å². The summed E-state index contributed by atoms with van der Waals surface area (Å²) in [5, 5.41) is 11.0. The molecular formula is C30H51BO2. The summed E-state index contributed by atoms with van der Waals surface area (Å²) >= 11 is 0. The zero-order valence-electron chi connectivity index (χ0n) is 22.5. The Balaban J connectivity index is 1.51. The van der Waals surface area contributed by atoms with Gasteiger partial charge in [-0.05, 0) is 116 Å². The zero-order valence-corrected chi connectivity index (χ0v) is 22.5. The number of hydrogen-bond acceptors (Lipinski definition) is 2. The van der Waals surface area contributed by atoms with E-state index in [0.717, 1.165) is 49.4 Å². The largest absolute Gasteiger partial charge is 0.393 e. The Kier molecular flexibility index (Phi) is 7.26. The van der Waals surface area contributed by atoms with E-state index in [0.29, 0.717) is 29.6 Å². The van der Waals surface area contributed by atoms with E-state index >= 15 is 0 Å². The molecule has 4 aliphatic rings. The number of fused-ring (bicyclic) bond motifs is 5. The van der Waals surface area contributed by atoms with Gasteiger partial charge in [-0.2, -0.15) is 0 Å². The van der Waals surface area contributed by atoms with Crippen molar-refractivity contribution in [3.05, 3.63) is 0 Å². The van der Waals surface area contributed by atoms with Crippen molar-refractivity contribution in [1.29, 1.82) is 0 Å². The summed E-state index contributed by atoms with van der Waals surface area (Å²) in [6.45, 7) is 14.0. The molecule has 0 heterocycles. The second kappa shape index (κ2) is 9.29. The number of aliphatic hydroxyl groups excluding tert-OH is 1. The first-order chi connectivity index (χ1) is 15.4. The summed E-state index contributed by atoms with van der Waals surface area (Å²) in [5.41, 5.74) is 0.444. The number of hydrogen-bond donors (Lipinski definition) is 1. The van der Waals surface area contributed by atoms with Crippen LogP contribution in [0.2, 0.25) is 5.31 Å². The predicted molar refractivity (Wildman–Crippen MR) is 138 cm³/mol. The van der Waals surface area contributed by atoms with Crippen LogP contribution in [-0.2, 0) is 4.79 Å². The van der Waals surface area contributed by atoms with Gasteiger partial charge < -0.3 is 9.90 Å². The van der Waals surface area contributed by atoms with E-state index < -0.39 is 11.4 Å². The number of ketones is 1. The molecule has 0 aromatic heterocycles. The summed E-state index contributed by atoms with van der Waals surface area (Å²) in [4.78, 5) is 11.8. The first kappa shape index (κ1) is 25.8. The number of Topliss-reactive ketones (excluding diaryl/α,β-unsaturated/α-hetero) is 1. The topological polar surface area (TPSA) is 37.3 Å². The lowest BCUT2D eigenvalue weighted by Gasteiger charge is -2.67. The molecule has 3 heteroatoms. The van der Waals surface area contributed by atoms with Gasteiger partial charge in [-0.3, -0.25) is 0 Å². The van der Waals surface area contributed by atoms with Crippen LogP contribution in [0.3, 0.4) is 0 Å². The van der Waals surface area contributed by atoms with E-state index in [9.17, 15) is 9.90 Å². The zero-order chi connectivity index (χ0) is 24.2. The maximum absolute atomic E-state index is 11.8. The molecule has 4 aliphatic carbocycles. The van der Waals surface area contributed by atoms with Crippen LogP contribution >= 0.6 is 0 Å². The van der Waals surface area contributed by atoms with Crippen LogP contribution in [0.1, 0.15) is 119 Å². The summed E-state index contributed by atoms with van der Waals surface area (Å²) in [6, 6.07) is 0. The molecule has 4 rings (SSSR count). The van der Waals surface area contributed by atoms with Gasteiger partial charge in [0.25, 0.3) is 0 Å². The lowest BCUT2D eigenvalue weighted by Crippen LogP contribution is -2.61. The molecule has 2 radical (unpaired) electrons. The van der Waals surface area contributed by atoms with Gasteiger partial charge in [-0.1, -0.05) is 53.9 Å². The van der Waals surface area contributed by atoms with Crippen LogP contribution in [-0.4, -0.2) is 24.8 Å². The van der Waals surface area contributed by atoms with Crippen molar-refractivity contribution in [2.75, 3.05) is 0 Å². The van der Waals surface area contributed by atoms with Crippen LogP contribution in [0.15, 0.2) is 0 Å². The van der Waals surface area contributed by atoms with Crippen molar-refractivity contribution in [2.45, 2.75) is 130 Å². The summed E-state index contributed by atoms with van der Waals surface area (Å²) < 4.78 is 0. The lowest BCUT2D eigenvalue weighted by atomic mass is 9.33. The maximum atomic E-state index is 11.8. The van der Waals surface area contributed by atoms with Gasteiger partial charge >= 0.3 is 0 Å². The van der Waals surface area contributed by atoms with Crippen molar-refractivity contribution >= 4 is 13.6 Å². The minimum absolute atomic E-state index is 0.00488. The molecule has 0 aromatic rings. The van der Waals surface area contributed by atoms with Crippen LogP contribution in [0, 0.1) is 52.3 Å². The number of carbonyl (C=O) groups is 1. The first-order valence-electron chi connectivity index (χ1n) is 14.4. The molecule has 0 saturated heterocycles. The Labute approximate surface area is 205 Å². The molecule has 4 fully saturated rings. The van der Waals surface area contributed by atoms with Gasteiger partial charge in [0.15, 0.2) is 0 Å². The van der Waals surface area contributed by atoms with E-state index in [-0.39, 0.29) is 11.2 Å². The monoisotopic (exact) mass is 454 g/mol. The Bertz CT molecular complexity index is 720. The van der Waals surface area contributed by atoms with Crippen molar-refractivity contribution in [3.8, 4) is 0 Å². The molecule has 0 amide bonds. The molecular weight excluding hydrogens is 403 g/mol. The minimum atomic E-state index is -0.525. The third kappa shape index (κ3) is 4.29. The van der Waals surface area contributed by atoms with Crippen LogP contribution in [0.5, 0.6) is 0 Å². The Morgan fingerprint density at radius 1 is 1.03 bits per heavy atom. The normalized spacial score (nSPS) is 48.1. The van der Waals surface area contributed by atoms with Crippen LogP contribution in [0.25, 0.3) is 0 Å². The molecule has 4 saturated carbocycles. The SMILES string of the molecule is [B][C@]12C[C@@H](CC(C)=O)CC[C@]1(C)[C@H]1CC[C@]3(C)[C@@H]([C@H](C)CCCC(C)C)CC[C@H]3[C@@H]1C[C@H]2O. The van der Waals surface area contributed by atoms with Crippen molar-refractivity contribution in [2.24, 2.45) is 52.3 Å². The van der Waals surface area contributed by atoms with Gasteiger partial charge in [0.1, 0.15) is 5.78 Å². The fourth-order valence-corrected chi connectivity index (χ4v) is 10.1. The molecule has 33 heavy (non-hydrogen) atoms. The highest BCUT2D eigenvalue weighted by atomic mass is 16.3. The van der Waals surface area contributed by atoms with Crippen molar-refractivity contribution in [1.82, 2.24) is 0 Å². The summed E-state index contributed by atoms with van der Waals surface area (Å²) in [6.07, 6.45) is 13.6. The quantitative estimate of drug-likeness (QED) is 0.407. The molecule has 0 unspecified atom stereocenters. The smallest absolute Gasteiger partial charge is 0.130 e. The summed E-state index contributed by atoms with van der Waals surface area (Å²) in [7, 11) is 7.18. The second-order valence-corrected chi connectivity index (χ2v) is 14.1. The van der Waals surface area contributed by atoms with Gasteiger partial charge in [-0.15, -0.1) is 0 Å². The number of rotatable bonds is 7. The Morgan fingerprint density at radius 3 is 2.42 bits per heavy atom. The van der Waals surface area contributed by atoms with Gasteiger partial charge in [0, 0.05) is 6.42 Å². The molecule has 2 nitrogen and oxygen atoms in total. The lowest BCUT2D eigenvalue weighted by molar-refractivity contribution is -0.158. The first-order valence-corrected chi connectivity index (χ1v) is 14.4. The molecule has 186 valence electrons. The highest BCUT2D eigenvalue weighted by Gasteiger charge is 2.65. The second-order valence-electron chi connectivity index (χ2n) is 14.1. The van der Waals surface area contributed by atoms with E-state index in [1.54, 1.807) is 6.92 Å². The third-order valence-electron chi connectivity index (χ3n) is 11.9. The average molecular weight is 455 g/mol. The molecule has 0 aromatic carbocycles. The van der Waals surface area contributed by atoms with Crippen molar-refractivity contribution in [3.63, 3.8) is 0 Å². The number of aliphatic hydroxyl groups is 1. The minimum Gasteiger partial charge on any atom is -0.393 e. The van der Waals surface area contributed by atoms with Crippen molar-refractivity contribution < 1.29 is 9.90 Å². The van der Waals surface area contributed by atoms with E-state index in [1.165, 1.54) is 44.9 Å². The van der Waals surface area contributed by atoms with Gasteiger partial charge in [0.2, 0.25) is 0 Å². The highest BCUT2D eigenvalue weighted by molar-refractivity contribution is 6.16. The van der Waals surface area contributed by atoms with Crippen LogP contribution in [0.4, 0.5) is 0 Å². The maximum Gasteiger partial charge on any atom is 0.130 e. The van der Waals surface area contributed by atoms with E-state index in [4.69, 9.17) is 7.85 Å². The van der Waals surface area contributed by atoms with Gasteiger partial charge in [0.05, 0.1) is 14.0 Å². The third-order valence-corrected chi connectivity index (χ3v) is 11.9. The Morgan fingerprint density at radius 2 is 1.76 bits per heavy atom. The van der Waals surface area contributed by atoms with Crippen LogP contribution < -0.4 is 0 Å². The standard InChI is InChI=1S/C30H51BO2/c1-19(2)8-7-9-20(3)24-10-11-25-23-17-27(33)30(31)18-22(16-21(4)32)12-15-29(30,6)26(23)13-14-28(24,25)5/h19-20,22-27,33H,7-18H2,1-6H3/t20-,22-,23+,24-,25+,26+,27-,28-,29-,30+/m1/s1. The molecule has 10 atom stereocenters. The summed E-state index contributed by atoms with van der Waals surface area (Å²) in [5.74, 6) is 5.10. The highest BCUT2D eigenvalue weighted by Crippen LogP contribution is 2.73.